The van der Waals surface area contributed by atoms with Crippen LogP contribution < -0.4 is 31.1 Å². The van der Waals surface area contributed by atoms with E-state index >= 15 is 0 Å². The van der Waals surface area contributed by atoms with Gasteiger partial charge in [-0.3, -0.25) is 14.6 Å². The van der Waals surface area contributed by atoms with Gasteiger partial charge in [0.05, 0.1) is 59.4 Å². The SMILES string of the molecule is CC(C(=O)C(C)N1CCN(c2ccc(Nc3ncc(Cl)c(Nc4cccc(C(F)(F)F)c4)n3)nc2)CC1)N1CCN(c2ccc(Nc3ncc(Cl)c(Nc4cccc(C(F)(F)F)c4)n3)nc2)CC1. The Bertz CT molecular complexity index is 2520. The number of carbonyl (C=O) groups is 1. The molecule has 4 N–H and O–H groups in total. The highest BCUT2D eigenvalue weighted by molar-refractivity contribution is 6.33. The molecular weight excluding hydrogens is 937 g/mol. The van der Waals surface area contributed by atoms with Gasteiger partial charge in [-0.15, -0.1) is 0 Å². The molecule has 2 unspecified atom stereocenters. The van der Waals surface area contributed by atoms with Crippen molar-refractivity contribution in [3.05, 3.63) is 119 Å². The number of rotatable bonds is 14. The average Bonchev–Trinajstić information content (AvgIpc) is 3.33. The smallest absolute Gasteiger partial charge is 0.368 e. The predicted molar refractivity (Wildman–Crippen MR) is 250 cm³/mol. The number of anilines is 10. The Morgan fingerprint density at radius 1 is 0.544 bits per heavy atom. The summed E-state index contributed by atoms with van der Waals surface area (Å²) in [5.41, 5.74) is 0.524. The average molecular weight is 982 g/mol. The van der Waals surface area contributed by atoms with E-state index in [1.807, 2.05) is 26.0 Å². The van der Waals surface area contributed by atoms with Crippen LogP contribution >= 0.6 is 23.2 Å². The number of aromatic nitrogens is 6. The molecule has 8 rings (SSSR count). The molecule has 2 saturated heterocycles. The van der Waals surface area contributed by atoms with E-state index in [9.17, 15) is 31.1 Å². The number of pyridine rings is 2. The summed E-state index contributed by atoms with van der Waals surface area (Å²) in [5.74, 6) is 1.61. The van der Waals surface area contributed by atoms with Gasteiger partial charge in [0.15, 0.2) is 17.4 Å². The lowest BCUT2D eigenvalue weighted by molar-refractivity contribution is -0.138. The summed E-state index contributed by atoms with van der Waals surface area (Å²) in [6.45, 7) is 9.47. The molecule has 0 saturated carbocycles. The molecule has 68 heavy (non-hydrogen) atoms. The summed E-state index contributed by atoms with van der Waals surface area (Å²) in [6, 6.07) is 16.3. The van der Waals surface area contributed by atoms with Crippen molar-refractivity contribution in [1.82, 2.24) is 39.7 Å². The van der Waals surface area contributed by atoms with E-state index in [1.54, 1.807) is 24.5 Å². The summed E-state index contributed by atoms with van der Waals surface area (Å²) in [5, 5.41) is 11.9. The van der Waals surface area contributed by atoms with Crippen LogP contribution in [0.1, 0.15) is 25.0 Å². The third-order valence-electron chi connectivity index (χ3n) is 11.6. The number of halogens is 8. The Labute approximate surface area is 396 Å². The van der Waals surface area contributed by atoms with Crippen LogP contribution in [0.25, 0.3) is 0 Å². The minimum atomic E-state index is -4.50. The van der Waals surface area contributed by atoms with Gasteiger partial charge in [-0.05, 0) is 74.5 Å². The third-order valence-corrected chi connectivity index (χ3v) is 12.2. The van der Waals surface area contributed by atoms with E-state index in [1.165, 1.54) is 36.7 Å². The second kappa shape index (κ2) is 20.4. The monoisotopic (exact) mass is 980 g/mol. The van der Waals surface area contributed by atoms with Crippen LogP contribution in [0, 0.1) is 0 Å². The minimum absolute atomic E-state index is 0.123. The Balaban J connectivity index is 0.778. The Morgan fingerprint density at radius 3 is 1.29 bits per heavy atom. The fourth-order valence-electron chi connectivity index (χ4n) is 7.82. The Morgan fingerprint density at radius 2 is 0.941 bits per heavy atom. The molecule has 0 bridgehead atoms. The second-order valence-electron chi connectivity index (χ2n) is 16.0. The van der Waals surface area contributed by atoms with Crippen LogP contribution in [0.15, 0.2) is 97.6 Å². The van der Waals surface area contributed by atoms with Gasteiger partial charge in [0, 0.05) is 63.7 Å². The zero-order valence-electron chi connectivity index (χ0n) is 36.5. The van der Waals surface area contributed by atoms with Crippen LogP contribution in [0.2, 0.25) is 10.0 Å². The number of hydrogen-bond donors (Lipinski definition) is 4. The topological polar surface area (TPSA) is 155 Å². The van der Waals surface area contributed by atoms with Gasteiger partial charge in [-0.2, -0.15) is 36.3 Å². The fraction of sp³-hybridized carbons (Fsp3) is 0.311. The zero-order valence-corrected chi connectivity index (χ0v) is 38.0. The van der Waals surface area contributed by atoms with Gasteiger partial charge >= 0.3 is 12.4 Å². The summed E-state index contributed by atoms with van der Waals surface area (Å²) in [7, 11) is 0. The van der Waals surface area contributed by atoms with Crippen LogP contribution in [0.5, 0.6) is 0 Å². The number of carbonyl (C=O) groups excluding carboxylic acids is 1. The molecule has 356 valence electrons. The number of benzene rings is 2. The number of Topliss-reactive ketones (excluding diaryl/α,β-unsaturated/α-hetero) is 1. The van der Waals surface area contributed by atoms with E-state index in [0.29, 0.717) is 64.0 Å². The number of ketones is 1. The summed E-state index contributed by atoms with van der Waals surface area (Å²) in [4.78, 5) is 48.7. The maximum Gasteiger partial charge on any atom is 0.416 e. The molecule has 0 radical (unpaired) electrons. The zero-order chi connectivity index (χ0) is 48.2. The molecule has 6 heterocycles. The number of nitrogens with zero attached hydrogens (tertiary/aromatic N) is 10. The maximum absolute atomic E-state index is 13.8. The van der Waals surface area contributed by atoms with Gasteiger partial charge in [0.25, 0.3) is 0 Å². The van der Waals surface area contributed by atoms with Gasteiger partial charge in [-0.1, -0.05) is 35.3 Å². The number of nitrogens with one attached hydrogen (secondary N) is 4. The highest BCUT2D eigenvalue weighted by Gasteiger charge is 2.34. The van der Waals surface area contributed by atoms with Crippen molar-refractivity contribution >= 4 is 86.9 Å². The molecule has 0 amide bonds. The number of piperazine rings is 2. The summed E-state index contributed by atoms with van der Waals surface area (Å²) in [6.07, 6.45) is -2.86. The Kier molecular flexibility index (Phi) is 14.3. The van der Waals surface area contributed by atoms with E-state index in [0.717, 1.165) is 35.6 Å². The lowest BCUT2D eigenvalue weighted by atomic mass is 10.0. The Hall–Kier alpha value is -6.55. The summed E-state index contributed by atoms with van der Waals surface area (Å²) < 4.78 is 79.3. The molecule has 6 aromatic rings. The van der Waals surface area contributed by atoms with Crippen LogP contribution in [-0.4, -0.2) is 110 Å². The van der Waals surface area contributed by atoms with Crippen molar-refractivity contribution in [3.8, 4) is 0 Å². The molecule has 2 aliphatic heterocycles. The molecule has 15 nitrogen and oxygen atoms in total. The lowest BCUT2D eigenvalue weighted by Crippen LogP contribution is -2.57. The van der Waals surface area contributed by atoms with Crippen molar-refractivity contribution in [2.75, 3.05) is 83.4 Å². The highest BCUT2D eigenvalue weighted by atomic mass is 35.5. The maximum atomic E-state index is 13.8. The molecule has 2 fully saturated rings. The standard InChI is InChI=1S/C45H44Cl2F6N14O/c1-27(64-13-17-66(18-14-64)33-9-11-37(54-23-33)60-42-56-25-35(46)40(62-42)58-31-7-3-5-29(21-31)44(48,49)50)39(68)28(2)65-15-19-67(20-16-65)34-10-12-38(55-24-34)61-43-57-26-36(47)41(63-43)59-32-8-4-6-30(22-32)45(51,52)53/h3-12,21-28H,13-20H2,1-2H3,(H2,54,56,58,60,62)(H2,55,57,59,61,63). The van der Waals surface area contributed by atoms with E-state index in [-0.39, 0.29) is 62.8 Å². The number of alkyl halides is 6. The minimum Gasteiger partial charge on any atom is -0.368 e. The highest BCUT2D eigenvalue weighted by Crippen LogP contribution is 2.34. The molecule has 2 aliphatic rings. The van der Waals surface area contributed by atoms with Gasteiger partial charge in [0.2, 0.25) is 11.9 Å². The van der Waals surface area contributed by atoms with Crippen molar-refractivity contribution in [2.45, 2.75) is 38.3 Å². The largest absolute Gasteiger partial charge is 0.416 e. The quantitative estimate of drug-likeness (QED) is 0.0765. The second-order valence-corrected chi connectivity index (χ2v) is 16.9. The van der Waals surface area contributed by atoms with Crippen molar-refractivity contribution < 1.29 is 31.1 Å². The molecule has 23 heteroatoms. The molecule has 0 aliphatic carbocycles. The molecule has 2 atom stereocenters. The van der Waals surface area contributed by atoms with Crippen LogP contribution in [0.4, 0.5) is 84.3 Å². The van der Waals surface area contributed by atoms with E-state index in [4.69, 9.17) is 23.2 Å². The third kappa shape index (κ3) is 11.8. The predicted octanol–water partition coefficient (Wildman–Crippen LogP) is 9.67. The normalized spacial score (nSPS) is 16.0. The van der Waals surface area contributed by atoms with Gasteiger partial charge in [0.1, 0.15) is 21.7 Å². The first kappa shape index (κ1) is 47.9. The van der Waals surface area contributed by atoms with Crippen LogP contribution in [0.3, 0.4) is 0 Å². The lowest BCUT2D eigenvalue weighted by Gasteiger charge is -2.42. The van der Waals surface area contributed by atoms with E-state index in [2.05, 4.69) is 70.8 Å². The fourth-order valence-corrected chi connectivity index (χ4v) is 8.09. The van der Waals surface area contributed by atoms with E-state index < -0.39 is 23.5 Å². The first-order valence-corrected chi connectivity index (χ1v) is 22.1. The van der Waals surface area contributed by atoms with Crippen molar-refractivity contribution in [2.24, 2.45) is 0 Å². The first-order chi connectivity index (χ1) is 32.5. The molecule has 0 spiro atoms. The van der Waals surface area contributed by atoms with Gasteiger partial charge < -0.3 is 31.1 Å². The summed E-state index contributed by atoms with van der Waals surface area (Å²) >= 11 is 12.5. The first-order valence-electron chi connectivity index (χ1n) is 21.4. The number of hydrogen-bond acceptors (Lipinski definition) is 15. The molecular formula is C45H44Cl2F6N14O. The van der Waals surface area contributed by atoms with Crippen LogP contribution in [-0.2, 0) is 17.1 Å². The van der Waals surface area contributed by atoms with Crippen molar-refractivity contribution in [3.63, 3.8) is 0 Å². The molecule has 4 aromatic heterocycles. The molecule has 2 aromatic carbocycles. The van der Waals surface area contributed by atoms with Crippen molar-refractivity contribution in [1.29, 1.82) is 0 Å². The van der Waals surface area contributed by atoms with Gasteiger partial charge in [-0.25, -0.2) is 19.9 Å².